The molecule has 0 spiro atoms. The van der Waals surface area contributed by atoms with Crippen LogP contribution in [0.15, 0.2) is 35.7 Å². The third-order valence-electron chi connectivity index (χ3n) is 2.25. The number of benzene rings is 1. The third kappa shape index (κ3) is 3.94. The van der Waals surface area contributed by atoms with Gasteiger partial charge in [-0.3, -0.25) is 4.79 Å². The Morgan fingerprint density at radius 3 is 2.74 bits per heavy atom. The van der Waals surface area contributed by atoms with Crippen molar-refractivity contribution in [3.63, 3.8) is 0 Å². The molecule has 1 N–H and O–H groups in total. The predicted octanol–water partition coefficient (Wildman–Crippen LogP) is 3.51. The van der Waals surface area contributed by atoms with Crippen molar-refractivity contribution in [1.29, 1.82) is 5.26 Å². The molecule has 0 aliphatic heterocycles. The van der Waals surface area contributed by atoms with Gasteiger partial charge in [-0.05, 0) is 52.9 Å². The fraction of sp³-hybridized carbons (Fsp3) is 0.0769. The summed E-state index contributed by atoms with van der Waals surface area (Å²) in [5, 5.41) is 13.0. The highest BCUT2D eigenvalue weighted by Gasteiger charge is 2.08. The molecule has 0 atom stereocenters. The molecular weight excluding hydrogens is 375 g/mol. The second-order valence-electron chi connectivity index (χ2n) is 3.56. The van der Waals surface area contributed by atoms with E-state index >= 15 is 0 Å². The molecule has 0 radical (unpaired) electrons. The van der Waals surface area contributed by atoms with Crippen molar-refractivity contribution in [2.45, 2.75) is 0 Å². The Morgan fingerprint density at radius 1 is 1.42 bits per heavy atom. The molecule has 0 aliphatic carbocycles. The molecule has 1 heterocycles. The summed E-state index contributed by atoms with van der Waals surface area (Å²) in [5.74, 6) is 0.467. The normalized spacial score (nSPS) is 9.68. The lowest BCUT2D eigenvalue weighted by Gasteiger charge is -2.05. The molecule has 1 aromatic carbocycles. The molecule has 4 nitrogen and oxygen atoms in total. The summed E-state index contributed by atoms with van der Waals surface area (Å²) in [4.78, 5) is 11.9. The highest BCUT2D eigenvalue weighted by molar-refractivity contribution is 14.1. The lowest BCUT2D eigenvalue weighted by molar-refractivity contribution is 0.102. The molecule has 0 saturated heterocycles. The fourth-order valence-corrected chi connectivity index (χ4v) is 2.71. The van der Waals surface area contributed by atoms with Crippen molar-refractivity contribution in [2.75, 3.05) is 11.9 Å². The molecule has 6 heteroatoms. The molecule has 96 valence electrons. The third-order valence-corrected chi connectivity index (χ3v) is 4.03. The first-order valence-corrected chi connectivity index (χ1v) is 7.30. The Labute approximate surface area is 128 Å². The summed E-state index contributed by atoms with van der Waals surface area (Å²) in [5.41, 5.74) is 1.34. The van der Waals surface area contributed by atoms with Gasteiger partial charge in [0.1, 0.15) is 11.8 Å². The molecule has 0 bridgehead atoms. The van der Waals surface area contributed by atoms with Crippen LogP contribution in [0.4, 0.5) is 5.69 Å². The van der Waals surface area contributed by atoms with E-state index in [-0.39, 0.29) is 12.5 Å². The minimum absolute atomic E-state index is 0.0129. The molecule has 2 rings (SSSR count). The van der Waals surface area contributed by atoms with Gasteiger partial charge in [0.25, 0.3) is 5.91 Å². The zero-order chi connectivity index (χ0) is 13.7. The van der Waals surface area contributed by atoms with Crippen molar-refractivity contribution in [2.24, 2.45) is 0 Å². The van der Waals surface area contributed by atoms with E-state index in [0.29, 0.717) is 17.0 Å². The molecule has 1 aromatic heterocycles. The van der Waals surface area contributed by atoms with Crippen molar-refractivity contribution in [1.82, 2.24) is 0 Å². The number of nitrogens with one attached hydrogen (secondary N) is 1. The average molecular weight is 384 g/mol. The number of rotatable bonds is 4. The standard InChI is InChI=1S/C13H9IN2O2S/c14-12-7-9(8-19-12)13(17)16-10-1-3-11(4-2-10)18-6-5-15/h1-4,7-8H,6H2,(H,16,17). The van der Waals surface area contributed by atoms with Crippen molar-refractivity contribution >= 4 is 45.5 Å². The molecule has 0 fully saturated rings. The number of nitriles is 1. The van der Waals surface area contributed by atoms with Gasteiger partial charge in [-0.15, -0.1) is 11.3 Å². The van der Waals surface area contributed by atoms with E-state index in [1.165, 1.54) is 11.3 Å². The van der Waals surface area contributed by atoms with Gasteiger partial charge in [-0.25, -0.2) is 0 Å². The fourth-order valence-electron chi connectivity index (χ4n) is 1.38. The Kier molecular flexibility index (Phi) is 4.76. The SMILES string of the molecule is N#CCOc1ccc(NC(=O)c2csc(I)c2)cc1. The zero-order valence-electron chi connectivity index (χ0n) is 9.72. The number of amides is 1. The number of carbonyl (C=O) groups excluding carboxylic acids is 1. The Hall–Kier alpha value is -1.59. The zero-order valence-corrected chi connectivity index (χ0v) is 12.7. The van der Waals surface area contributed by atoms with Crippen LogP contribution in [0, 0.1) is 14.2 Å². The second-order valence-corrected chi connectivity index (χ2v) is 6.37. The minimum Gasteiger partial charge on any atom is -0.479 e. The van der Waals surface area contributed by atoms with Gasteiger partial charge in [0, 0.05) is 11.1 Å². The van der Waals surface area contributed by atoms with Crippen LogP contribution in [-0.4, -0.2) is 12.5 Å². The number of halogens is 1. The van der Waals surface area contributed by atoms with E-state index in [1.807, 2.05) is 17.5 Å². The average Bonchev–Trinajstić information content (AvgIpc) is 2.85. The first-order chi connectivity index (χ1) is 9.19. The second kappa shape index (κ2) is 6.54. The van der Waals surface area contributed by atoms with Gasteiger partial charge in [0.2, 0.25) is 0 Å². The number of nitrogens with zero attached hydrogens (tertiary/aromatic N) is 1. The number of hydrogen-bond acceptors (Lipinski definition) is 4. The predicted molar refractivity (Wildman–Crippen MR) is 82.5 cm³/mol. The summed E-state index contributed by atoms with van der Waals surface area (Å²) in [6.07, 6.45) is 0. The molecule has 0 aliphatic rings. The van der Waals surface area contributed by atoms with Crippen LogP contribution >= 0.6 is 33.9 Å². The molecule has 1 amide bonds. The minimum atomic E-state index is -0.134. The Balaban J connectivity index is 2.00. The Bertz CT molecular complexity index is 616. The van der Waals surface area contributed by atoms with E-state index in [0.717, 1.165) is 2.88 Å². The van der Waals surface area contributed by atoms with Crippen molar-refractivity contribution < 1.29 is 9.53 Å². The van der Waals surface area contributed by atoms with E-state index in [2.05, 4.69) is 27.9 Å². The number of carbonyl (C=O) groups is 1. The van der Waals surface area contributed by atoms with E-state index in [9.17, 15) is 4.79 Å². The molecule has 0 unspecified atom stereocenters. The van der Waals surface area contributed by atoms with Crippen LogP contribution in [0.25, 0.3) is 0 Å². The summed E-state index contributed by atoms with van der Waals surface area (Å²) in [6, 6.07) is 10.6. The number of hydrogen-bond donors (Lipinski definition) is 1. The van der Waals surface area contributed by atoms with Crippen LogP contribution in [0.2, 0.25) is 0 Å². The molecule has 19 heavy (non-hydrogen) atoms. The summed E-state index contributed by atoms with van der Waals surface area (Å²) in [6.45, 7) is 0.0129. The quantitative estimate of drug-likeness (QED) is 0.821. The number of thiophene rings is 1. The topological polar surface area (TPSA) is 62.1 Å². The van der Waals surface area contributed by atoms with Gasteiger partial charge in [-0.2, -0.15) is 5.26 Å². The van der Waals surface area contributed by atoms with Crippen LogP contribution in [0.3, 0.4) is 0 Å². The highest BCUT2D eigenvalue weighted by atomic mass is 127. The van der Waals surface area contributed by atoms with E-state index < -0.39 is 0 Å². The number of anilines is 1. The van der Waals surface area contributed by atoms with E-state index in [1.54, 1.807) is 24.3 Å². The van der Waals surface area contributed by atoms with Gasteiger partial charge >= 0.3 is 0 Å². The number of ether oxygens (including phenoxy) is 1. The largest absolute Gasteiger partial charge is 0.479 e. The van der Waals surface area contributed by atoms with Crippen LogP contribution < -0.4 is 10.1 Å². The maximum absolute atomic E-state index is 11.9. The van der Waals surface area contributed by atoms with Gasteiger partial charge in [-0.1, -0.05) is 0 Å². The summed E-state index contributed by atoms with van der Waals surface area (Å²) in [7, 11) is 0. The van der Waals surface area contributed by atoms with Crippen molar-refractivity contribution in [3.8, 4) is 11.8 Å². The van der Waals surface area contributed by atoms with Gasteiger partial charge in [0.15, 0.2) is 6.61 Å². The van der Waals surface area contributed by atoms with Crippen LogP contribution in [-0.2, 0) is 0 Å². The van der Waals surface area contributed by atoms with E-state index in [4.69, 9.17) is 10.00 Å². The highest BCUT2D eigenvalue weighted by Crippen LogP contribution is 2.19. The smallest absolute Gasteiger partial charge is 0.256 e. The van der Waals surface area contributed by atoms with Gasteiger partial charge < -0.3 is 10.1 Å². The van der Waals surface area contributed by atoms with Gasteiger partial charge in [0.05, 0.1) is 8.45 Å². The van der Waals surface area contributed by atoms with Crippen LogP contribution in [0.1, 0.15) is 10.4 Å². The first kappa shape index (κ1) is 13.8. The molecular formula is C13H9IN2O2S. The lowest BCUT2D eigenvalue weighted by atomic mass is 10.2. The maximum Gasteiger partial charge on any atom is 0.256 e. The molecule has 0 saturated carbocycles. The van der Waals surface area contributed by atoms with Crippen LogP contribution in [0.5, 0.6) is 5.75 Å². The maximum atomic E-state index is 11.9. The Morgan fingerprint density at radius 2 is 2.16 bits per heavy atom. The van der Waals surface area contributed by atoms with Crippen molar-refractivity contribution in [3.05, 3.63) is 44.2 Å². The monoisotopic (exact) mass is 384 g/mol. The lowest BCUT2D eigenvalue weighted by Crippen LogP contribution is -2.10. The summed E-state index contributed by atoms with van der Waals surface area (Å²) < 4.78 is 6.20. The summed E-state index contributed by atoms with van der Waals surface area (Å²) >= 11 is 3.71. The first-order valence-electron chi connectivity index (χ1n) is 5.34. The molecule has 2 aromatic rings.